The van der Waals surface area contributed by atoms with Crippen molar-refractivity contribution in [2.75, 3.05) is 7.11 Å². The molecule has 3 rings (SSSR count). The van der Waals surface area contributed by atoms with Gasteiger partial charge in [-0.25, -0.2) is 4.98 Å². The summed E-state index contributed by atoms with van der Waals surface area (Å²) in [6.45, 7) is 5.95. The van der Waals surface area contributed by atoms with Crippen molar-refractivity contribution in [3.63, 3.8) is 0 Å². The summed E-state index contributed by atoms with van der Waals surface area (Å²) in [5, 5.41) is 1.04. The largest absolute Gasteiger partial charge is 0.381 e. The number of aryl methyl sites for hydroxylation is 1. The molecule has 1 heterocycles. The van der Waals surface area contributed by atoms with Crippen LogP contribution in [0.4, 0.5) is 0 Å². The molecule has 0 saturated heterocycles. The molecular formula is C22H29NO2. The molecule has 1 aromatic heterocycles. The zero-order valence-corrected chi connectivity index (χ0v) is 14.5. The number of benzene rings is 1. The van der Waals surface area contributed by atoms with E-state index in [0.29, 0.717) is 6.10 Å². The quantitative estimate of drug-likeness (QED) is 0.679. The van der Waals surface area contributed by atoms with Crippen LogP contribution in [0, 0.1) is 5.92 Å². The highest BCUT2D eigenvalue weighted by Gasteiger charge is 2.27. The standard InChI is InChI=1S/C21H25NO2.CH4/c1-4-14-12-17-13-16(8-11-20(17)22-19(14)5-2)21(23)15-6-9-18(24-3)10-7-15;/h5,8,11-13,15,18H,2,4,6-7,9-10H2,1,3H3;1H4. The minimum atomic E-state index is 0. The van der Waals surface area contributed by atoms with Gasteiger partial charge in [-0.05, 0) is 68.0 Å². The van der Waals surface area contributed by atoms with Gasteiger partial charge in [0, 0.05) is 24.0 Å². The van der Waals surface area contributed by atoms with Crippen molar-refractivity contribution in [1.29, 1.82) is 0 Å². The van der Waals surface area contributed by atoms with Crippen LogP contribution in [0.25, 0.3) is 17.0 Å². The van der Waals surface area contributed by atoms with Gasteiger partial charge < -0.3 is 4.74 Å². The predicted octanol–water partition coefficient (Wildman–Crippen LogP) is 5.46. The van der Waals surface area contributed by atoms with Crippen molar-refractivity contribution in [2.24, 2.45) is 5.92 Å². The van der Waals surface area contributed by atoms with Gasteiger partial charge in [-0.2, -0.15) is 0 Å². The molecule has 0 spiro atoms. The first-order chi connectivity index (χ1) is 11.7. The summed E-state index contributed by atoms with van der Waals surface area (Å²) in [4.78, 5) is 17.5. The Bertz CT molecular complexity index is 758. The van der Waals surface area contributed by atoms with Crippen LogP contribution in [0.1, 0.15) is 61.6 Å². The fraction of sp³-hybridized carbons (Fsp3) is 0.455. The number of ether oxygens (including phenoxy) is 1. The molecular weight excluding hydrogens is 310 g/mol. The van der Waals surface area contributed by atoms with Gasteiger partial charge in [0.25, 0.3) is 0 Å². The van der Waals surface area contributed by atoms with E-state index in [1.807, 2.05) is 18.2 Å². The Kier molecular flexibility index (Phi) is 6.49. The second-order valence-corrected chi connectivity index (χ2v) is 6.57. The molecule has 1 aliphatic rings. The van der Waals surface area contributed by atoms with Crippen LogP contribution in [-0.2, 0) is 11.2 Å². The average Bonchev–Trinajstić information content (AvgIpc) is 2.65. The Labute approximate surface area is 151 Å². The van der Waals surface area contributed by atoms with Gasteiger partial charge in [0.2, 0.25) is 0 Å². The molecule has 0 bridgehead atoms. The lowest BCUT2D eigenvalue weighted by Crippen LogP contribution is -2.25. The summed E-state index contributed by atoms with van der Waals surface area (Å²) >= 11 is 0. The number of Topliss-reactive ketones (excluding diaryl/α,β-unsaturated/α-hetero) is 1. The molecule has 25 heavy (non-hydrogen) atoms. The minimum absolute atomic E-state index is 0. The molecule has 134 valence electrons. The third kappa shape index (κ3) is 3.98. The van der Waals surface area contributed by atoms with Crippen LogP contribution >= 0.6 is 0 Å². The molecule has 1 aromatic carbocycles. The molecule has 1 fully saturated rings. The van der Waals surface area contributed by atoms with E-state index in [0.717, 1.165) is 54.3 Å². The van der Waals surface area contributed by atoms with Crippen LogP contribution < -0.4 is 0 Å². The van der Waals surface area contributed by atoms with Crippen LogP contribution in [0.15, 0.2) is 30.8 Å². The number of nitrogens with zero attached hydrogens (tertiary/aromatic N) is 1. The summed E-state index contributed by atoms with van der Waals surface area (Å²) in [6.07, 6.45) is 6.82. The topological polar surface area (TPSA) is 39.2 Å². The van der Waals surface area contributed by atoms with Crippen LogP contribution in [0.3, 0.4) is 0 Å². The Morgan fingerprint density at radius 3 is 2.60 bits per heavy atom. The number of methoxy groups -OCH3 is 1. The van der Waals surface area contributed by atoms with Crippen molar-refractivity contribution in [3.05, 3.63) is 47.7 Å². The van der Waals surface area contributed by atoms with Gasteiger partial charge in [0.05, 0.1) is 17.3 Å². The van der Waals surface area contributed by atoms with Crippen LogP contribution in [0.5, 0.6) is 0 Å². The fourth-order valence-electron chi connectivity index (χ4n) is 3.64. The Morgan fingerprint density at radius 2 is 2.00 bits per heavy atom. The summed E-state index contributed by atoms with van der Waals surface area (Å²) in [5.74, 6) is 0.386. The van der Waals surface area contributed by atoms with Gasteiger partial charge in [-0.1, -0.05) is 20.9 Å². The van der Waals surface area contributed by atoms with Gasteiger partial charge in [0.1, 0.15) is 0 Å². The molecule has 1 saturated carbocycles. The number of aromatic nitrogens is 1. The minimum Gasteiger partial charge on any atom is -0.381 e. The zero-order valence-electron chi connectivity index (χ0n) is 14.5. The third-order valence-corrected chi connectivity index (χ3v) is 5.16. The Hall–Kier alpha value is -2.00. The second-order valence-electron chi connectivity index (χ2n) is 6.57. The summed E-state index contributed by atoms with van der Waals surface area (Å²) in [6, 6.07) is 8.01. The predicted molar refractivity (Wildman–Crippen MR) is 105 cm³/mol. The van der Waals surface area contributed by atoms with E-state index in [-0.39, 0.29) is 19.1 Å². The Balaban J connectivity index is 0.00000225. The Morgan fingerprint density at radius 1 is 1.28 bits per heavy atom. The molecule has 0 radical (unpaired) electrons. The first kappa shape index (κ1) is 19.3. The molecule has 0 amide bonds. The van der Waals surface area contributed by atoms with E-state index in [1.54, 1.807) is 13.2 Å². The second kappa shape index (κ2) is 8.39. The molecule has 3 heteroatoms. The molecule has 3 nitrogen and oxygen atoms in total. The fourth-order valence-corrected chi connectivity index (χ4v) is 3.64. The molecule has 0 aliphatic heterocycles. The lowest BCUT2D eigenvalue weighted by atomic mass is 9.82. The normalized spacial score (nSPS) is 20.1. The molecule has 1 aliphatic carbocycles. The molecule has 0 unspecified atom stereocenters. The highest BCUT2D eigenvalue weighted by Crippen LogP contribution is 2.29. The SMILES string of the molecule is C.C=Cc1nc2ccc(C(=O)C3CCC(OC)CC3)cc2cc1CC. The number of hydrogen-bond acceptors (Lipinski definition) is 3. The van der Waals surface area contributed by atoms with Crippen LogP contribution in [0.2, 0.25) is 0 Å². The van der Waals surface area contributed by atoms with E-state index in [9.17, 15) is 4.79 Å². The first-order valence-electron chi connectivity index (χ1n) is 8.79. The molecule has 0 N–H and O–H groups in total. The van der Waals surface area contributed by atoms with Gasteiger partial charge in [-0.3, -0.25) is 4.79 Å². The molecule has 0 atom stereocenters. The number of fused-ring (bicyclic) bond motifs is 1. The van der Waals surface area contributed by atoms with E-state index >= 15 is 0 Å². The number of ketones is 1. The lowest BCUT2D eigenvalue weighted by Gasteiger charge is -2.26. The van der Waals surface area contributed by atoms with Crippen molar-refractivity contribution in [2.45, 2.75) is 52.6 Å². The summed E-state index contributed by atoms with van der Waals surface area (Å²) < 4.78 is 5.40. The average molecular weight is 339 g/mol. The highest BCUT2D eigenvalue weighted by molar-refractivity contribution is 6.01. The van der Waals surface area contributed by atoms with E-state index in [4.69, 9.17) is 4.74 Å². The van der Waals surface area contributed by atoms with Crippen molar-refractivity contribution in [3.8, 4) is 0 Å². The number of carbonyl (C=O) groups excluding carboxylic acids is 1. The number of carbonyl (C=O) groups is 1. The van der Waals surface area contributed by atoms with Crippen LogP contribution in [-0.4, -0.2) is 24.0 Å². The van der Waals surface area contributed by atoms with Gasteiger partial charge in [0.15, 0.2) is 5.78 Å². The van der Waals surface area contributed by atoms with Gasteiger partial charge in [-0.15, -0.1) is 0 Å². The van der Waals surface area contributed by atoms with Crippen molar-refractivity contribution in [1.82, 2.24) is 4.98 Å². The van der Waals surface area contributed by atoms with E-state index < -0.39 is 0 Å². The van der Waals surface area contributed by atoms with Gasteiger partial charge >= 0.3 is 0 Å². The van der Waals surface area contributed by atoms with Crippen molar-refractivity contribution >= 4 is 22.8 Å². The van der Waals surface area contributed by atoms with Crippen molar-refractivity contribution < 1.29 is 9.53 Å². The highest BCUT2D eigenvalue weighted by atomic mass is 16.5. The number of rotatable bonds is 5. The number of pyridine rings is 1. The summed E-state index contributed by atoms with van der Waals surface area (Å²) in [5.41, 5.74) is 3.82. The zero-order chi connectivity index (χ0) is 17.1. The monoisotopic (exact) mass is 339 g/mol. The maximum atomic E-state index is 12.8. The lowest BCUT2D eigenvalue weighted by molar-refractivity contribution is 0.0519. The maximum absolute atomic E-state index is 12.8. The van der Waals surface area contributed by atoms with E-state index in [2.05, 4.69) is 24.6 Å². The smallest absolute Gasteiger partial charge is 0.165 e. The number of hydrogen-bond donors (Lipinski definition) is 0. The molecule has 2 aromatic rings. The first-order valence-corrected chi connectivity index (χ1v) is 8.79. The maximum Gasteiger partial charge on any atom is 0.165 e. The van der Waals surface area contributed by atoms with E-state index in [1.165, 1.54) is 5.56 Å². The third-order valence-electron chi connectivity index (χ3n) is 5.16. The summed E-state index contributed by atoms with van der Waals surface area (Å²) in [7, 11) is 1.76.